The number of halogens is 2. The molecule has 0 saturated heterocycles. The maximum Gasteiger partial charge on any atom is 0.115 e. The predicted octanol–water partition coefficient (Wildman–Crippen LogP) is 2.35. The zero-order valence-corrected chi connectivity index (χ0v) is 9.34. The summed E-state index contributed by atoms with van der Waals surface area (Å²) in [6.45, 7) is 0. The number of rotatable bonds is 1. The van der Waals surface area contributed by atoms with Gasteiger partial charge in [-0.25, -0.2) is 0 Å². The van der Waals surface area contributed by atoms with Crippen molar-refractivity contribution in [3.63, 3.8) is 0 Å². The lowest BCUT2D eigenvalue weighted by molar-refractivity contribution is 0.210. The molecule has 0 atom stereocenters. The third-order valence-corrected chi connectivity index (χ3v) is 3.62. The molecule has 4 heteroatoms. The largest absolute Gasteiger partial charge is 0.399 e. The lowest BCUT2D eigenvalue weighted by atomic mass is 9.97. The molecule has 0 aliphatic heterocycles. The summed E-state index contributed by atoms with van der Waals surface area (Å²) < 4.78 is 0.255. The topological polar surface area (TPSA) is 21.6 Å². The molecule has 1 saturated carbocycles. The van der Waals surface area contributed by atoms with Crippen molar-refractivity contribution in [3.05, 3.63) is 0 Å². The predicted molar refractivity (Wildman–Crippen MR) is 54.4 cm³/mol. The van der Waals surface area contributed by atoms with Crippen molar-refractivity contribution in [1.82, 2.24) is 0 Å². The van der Waals surface area contributed by atoms with E-state index in [2.05, 4.69) is 55.2 Å². The molecule has 0 radical (unpaired) electrons. The van der Waals surface area contributed by atoms with Crippen LogP contribution in [0.5, 0.6) is 0 Å². The fraction of sp³-hybridized carbons (Fsp3) is 0.800. The minimum absolute atomic E-state index is 0.255. The van der Waals surface area contributed by atoms with Crippen molar-refractivity contribution >= 4 is 50.9 Å². The smallest absolute Gasteiger partial charge is 0.115 e. The quantitative estimate of drug-likeness (QED) is 0.404. The maximum absolute atomic E-state index is 4.66. The summed E-state index contributed by atoms with van der Waals surface area (Å²) in [5, 5.41) is 3.88. The van der Waals surface area contributed by atoms with E-state index in [4.69, 9.17) is 0 Å². The van der Waals surface area contributed by atoms with Crippen molar-refractivity contribution in [2.75, 3.05) is 7.11 Å². The Morgan fingerprint density at radius 3 is 2.44 bits per heavy atom. The molecule has 0 N–H and O–H groups in total. The van der Waals surface area contributed by atoms with Gasteiger partial charge in [-0.1, -0.05) is 50.3 Å². The van der Waals surface area contributed by atoms with Gasteiger partial charge < -0.3 is 4.84 Å². The summed E-state index contributed by atoms with van der Waals surface area (Å²) in [4.78, 5) is 4.66. The van der Waals surface area contributed by atoms with Crippen LogP contribution in [0.3, 0.4) is 0 Å². The summed E-state index contributed by atoms with van der Waals surface area (Å²) in [5.74, 6) is 0. The number of alkyl halides is 2. The van der Waals surface area contributed by atoms with Gasteiger partial charge in [-0.15, -0.1) is 0 Å². The van der Waals surface area contributed by atoms with Crippen LogP contribution in [-0.2, 0) is 4.84 Å². The van der Waals surface area contributed by atoms with Crippen LogP contribution in [0.4, 0.5) is 0 Å². The van der Waals surface area contributed by atoms with E-state index in [1.807, 2.05) is 0 Å². The number of hydrogen-bond donors (Lipinski definition) is 0. The standard InChI is InChI=1S/C5H7I2NO/c1-9-8-4-2-3-5(4,6)7/h2-3H2,1H3. The Balaban J connectivity index is 2.55. The van der Waals surface area contributed by atoms with Gasteiger partial charge in [0.2, 0.25) is 0 Å². The second-order valence-corrected chi connectivity index (χ2v) is 7.67. The van der Waals surface area contributed by atoms with Gasteiger partial charge in [0.15, 0.2) is 0 Å². The van der Waals surface area contributed by atoms with E-state index in [9.17, 15) is 0 Å². The first kappa shape index (κ1) is 8.03. The van der Waals surface area contributed by atoms with Gasteiger partial charge in [-0.05, 0) is 12.8 Å². The molecular weight excluding hydrogens is 344 g/mol. The Morgan fingerprint density at radius 1 is 1.67 bits per heavy atom. The van der Waals surface area contributed by atoms with Crippen LogP contribution in [0.15, 0.2) is 5.16 Å². The summed E-state index contributed by atoms with van der Waals surface area (Å²) in [6, 6.07) is 0. The van der Waals surface area contributed by atoms with Crippen molar-refractivity contribution in [3.8, 4) is 0 Å². The Morgan fingerprint density at radius 2 is 2.33 bits per heavy atom. The van der Waals surface area contributed by atoms with Crippen molar-refractivity contribution in [1.29, 1.82) is 0 Å². The molecule has 0 aromatic rings. The van der Waals surface area contributed by atoms with E-state index in [-0.39, 0.29) is 1.43 Å². The third-order valence-electron chi connectivity index (χ3n) is 1.30. The van der Waals surface area contributed by atoms with E-state index in [0.717, 1.165) is 6.42 Å². The van der Waals surface area contributed by atoms with Gasteiger partial charge >= 0.3 is 0 Å². The molecule has 0 unspecified atom stereocenters. The molecule has 0 bridgehead atoms. The molecule has 2 nitrogen and oxygen atoms in total. The van der Waals surface area contributed by atoms with Gasteiger partial charge in [-0.3, -0.25) is 0 Å². The van der Waals surface area contributed by atoms with E-state index >= 15 is 0 Å². The molecule has 1 aliphatic rings. The van der Waals surface area contributed by atoms with Crippen LogP contribution in [0.1, 0.15) is 12.8 Å². The molecule has 0 spiro atoms. The zero-order valence-electron chi connectivity index (χ0n) is 5.03. The monoisotopic (exact) mass is 351 g/mol. The van der Waals surface area contributed by atoms with Gasteiger partial charge in [0.05, 0.1) is 5.71 Å². The molecular formula is C5H7I2NO. The molecule has 9 heavy (non-hydrogen) atoms. The van der Waals surface area contributed by atoms with Crippen molar-refractivity contribution in [2.24, 2.45) is 5.16 Å². The van der Waals surface area contributed by atoms with Crippen molar-refractivity contribution < 1.29 is 4.84 Å². The van der Waals surface area contributed by atoms with Gasteiger partial charge in [0.25, 0.3) is 0 Å². The number of hydrogen-bond acceptors (Lipinski definition) is 2. The van der Waals surface area contributed by atoms with Crippen LogP contribution in [0.25, 0.3) is 0 Å². The average molecular weight is 351 g/mol. The Kier molecular flexibility index (Phi) is 2.58. The normalized spacial score (nSPS) is 27.7. The second kappa shape index (κ2) is 2.89. The third kappa shape index (κ3) is 1.69. The van der Waals surface area contributed by atoms with Crippen LogP contribution in [0.2, 0.25) is 0 Å². The summed E-state index contributed by atoms with van der Waals surface area (Å²) >= 11 is 4.78. The summed E-state index contributed by atoms with van der Waals surface area (Å²) in [6.07, 6.45) is 2.32. The van der Waals surface area contributed by atoms with Crippen LogP contribution < -0.4 is 0 Å². The van der Waals surface area contributed by atoms with Crippen LogP contribution in [-0.4, -0.2) is 14.2 Å². The molecule has 52 valence electrons. The fourth-order valence-electron chi connectivity index (χ4n) is 0.648. The number of oxime groups is 1. The molecule has 0 aromatic heterocycles. The van der Waals surface area contributed by atoms with Crippen molar-refractivity contribution in [2.45, 2.75) is 14.3 Å². The van der Waals surface area contributed by atoms with Crippen LogP contribution in [0, 0.1) is 0 Å². The Bertz CT molecular complexity index is 144. The van der Waals surface area contributed by atoms with Gasteiger partial charge in [0, 0.05) is 0 Å². The Hall–Kier alpha value is 0.930. The molecule has 1 rings (SSSR count). The lowest BCUT2D eigenvalue weighted by Crippen LogP contribution is -2.35. The van der Waals surface area contributed by atoms with E-state index in [1.165, 1.54) is 12.1 Å². The van der Waals surface area contributed by atoms with Crippen LogP contribution >= 0.6 is 45.2 Å². The fourth-order valence-corrected chi connectivity index (χ4v) is 1.92. The van der Waals surface area contributed by atoms with Gasteiger partial charge in [-0.2, -0.15) is 0 Å². The first-order chi connectivity index (χ1) is 4.17. The zero-order chi connectivity index (χ0) is 6.91. The highest BCUT2D eigenvalue weighted by Crippen LogP contribution is 2.44. The highest BCUT2D eigenvalue weighted by Gasteiger charge is 2.39. The number of nitrogens with zero attached hydrogens (tertiary/aromatic N) is 1. The Labute approximate surface area is 81.7 Å². The maximum atomic E-state index is 4.66. The highest BCUT2D eigenvalue weighted by molar-refractivity contribution is 14.2. The summed E-state index contributed by atoms with van der Waals surface area (Å²) in [7, 11) is 1.59. The first-order valence-corrected chi connectivity index (χ1v) is 4.81. The van der Waals surface area contributed by atoms with E-state index < -0.39 is 0 Å². The lowest BCUT2D eigenvalue weighted by Gasteiger charge is -2.31. The van der Waals surface area contributed by atoms with Gasteiger partial charge in [0.1, 0.15) is 8.54 Å². The highest BCUT2D eigenvalue weighted by atomic mass is 127. The molecule has 1 aliphatic carbocycles. The summed E-state index contributed by atoms with van der Waals surface area (Å²) in [5.41, 5.74) is 1.17. The SMILES string of the molecule is CON=C1CCC1(I)I. The minimum Gasteiger partial charge on any atom is -0.399 e. The van der Waals surface area contributed by atoms with E-state index in [0.29, 0.717) is 0 Å². The minimum atomic E-state index is 0.255. The first-order valence-electron chi connectivity index (χ1n) is 2.65. The average Bonchev–Trinajstić information content (AvgIpc) is 1.81. The molecule has 0 heterocycles. The molecule has 1 fully saturated rings. The molecule has 0 aromatic carbocycles. The van der Waals surface area contributed by atoms with E-state index in [1.54, 1.807) is 7.11 Å². The second-order valence-electron chi connectivity index (χ2n) is 1.93. The molecule has 0 amide bonds.